The van der Waals surface area contributed by atoms with E-state index in [1.165, 1.54) is 37.1 Å². The number of rotatable bonds is 8. The van der Waals surface area contributed by atoms with Crippen molar-refractivity contribution in [1.29, 1.82) is 0 Å². The maximum atomic E-state index is 16.2. The van der Waals surface area contributed by atoms with E-state index in [0.29, 0.717) is 58.3 Å². The van der Waals surface area contributed by atoms with Crippen molar-refractivity contribution in [3.8, 4) is 5.75 Å². The summed E-state index contributed by atoms with van der Waals surface area (Å²) in [5, 5.41) is 12.9. The number of halogens is 7. The number of pyridine rings is 1. The highest BCUT2D eigenvalue weighted by atomic mass is 35.5. The fourth-order valence-corrected chi connectivity index (χ4v) is 10.2. The molecule has 14 nitrogen and oxygen atoms in total. The minimum absolute atomic E-state index is 0.0167. The number of aryl methyl sites for hydroxylation is 2. The third-order valence-electron chi connectivity index (χ3n) is 13.8. The van der Waals surface area contributed by atoms with Crippen LogP contribution < -0.4 is 31.1 Å². The summed E-state index contributed by atoms with van der Waals surface area (Å²) >= 11 is 6.49. The highest BCUT2D eigenvalue weighted by Gasteiger charge is 2.51. The molecule has 2 amide bonds. The Morgan fingerprint density at radius 3 is 2.46 bits per heavy atom. The van der Waals surface area contributed by atoms with E-state index in [-0.39, 0.29) is 98.2 Å². The summed E-state index contributed by atoms with van der Waals surface area (Å²) in [7, 11) is 2.94. The number of benzene rings is 2. The molecule has 5 aromatic rings. The molecule has 7 heterocycles. The van der Waals surface area contributed by atoms with Crippen molar-refractivity contribution in [3.05, 3.63) is 68.5 Å². The van der Waals surface area contributed by atoms with Crippen LogP contribution in [0.15, 0.2) is 29.2 Å². The lowest BCUT2D eigenvalue weighted by Gasteiger charge is -2.39. The lowest BCUT2D eigenvalue weighted by molar-refractivity contribution is -0.134. The van der Waals surface area contributed by atoms with Crippen molar-refractivity contribution in [2.75, 3.05) is 54.9 Å². The third-order valence-corrected chi connectivity index (χ3v) is 14.1. The molecule has 3 saturated heterocycles. The molecular weight excluding hydrogens is 882 g/mol. The zero-order valence-electron chi connectivity index (χ0n) is 35.4. The highest BCUT2D eigenvalue weighted by Crippen LogP contribution is 2.46. The van der Waals surface area contributed by atoms with Crippen molar-refractivity contribution < 1.29 is 40.7 Å². The van der Waals surface area contributed by atoms with Crippen molar-refractivity contribution >= 4 is 68.4 Å². The Morgan fingerprint density at radius 1 is 0.969 bits per heavy atom. The number of nitrogens with one attached hydrogen (secondary N) is 3. The zero-order valence-corrected chi connectivity index (χ0v) is 36.1. The second-order valence-electron chi connectivity index (χ2n) is 18.0. The summed E-state index contributed by atoms with van der Waals surface area (Å²) in [6.07, 6.45) is 2.87. The number of anilines is 4. The summed E-state index contributed by atoms with van der Waals surface area (Å²) in [4.78, 5) is 50.1. The number of imide groups is 1. The number of piperidine rings is 3. The smallest absolute Gasteiger partial charge is 0.301 e. The van der Waals surface area contributed by atoms with E-state index in [4.69, 9.17) is 16.3 Å². The fraction of sp³-hybridized carbons (Fsp3) is 0.500. The molecule has 3 aromatic heterocycles. The number of fused-ring (bicyclic) bond motifs is 4. The topological polar surface area (TPSA) is 152 Å². The summed E-state index contributed by atoms with van der Waals surface area (Å²) in [5.74, 6) is -8.42. The predicted octanol–water partition coefficient (Wildman–Crippen LogP) is 6.81. The molecule has 0 radical (unpaired) electrons. The molecule has 10 rings (SSSR count). The molecule has 4 aliphatic heterocycles. The maximum Gasteiger partial charge on any atom is 0.301 e. The van der Waals surface area contributed by atoms with Gasteiger partial charge in [0.05, 0.1) is 47.3 Å². The Balaban J connectivity index is 0.801. The maximum absolute atomic E-state index is 16.2. The van der Waals surface area contributed by atoms with E-state index in [2.05, 4.69) is 35.9 Å². The van der Waals surface area contributed by atoms with E-state index < -0.39 is 71.4 Å². The van der Waals surface area contributed by atoms with Crippen LogP contribution in [0.5, 0.6) is 5.75 Å². The summed E-state index contributed by atoms with van der Waals surface area (Å²) < 4.78 is 102. The van der Waals surface area contributed by atoms with Crippen LogP contribution in [-0.4, -0.2) is 98.5 Å². The van der Waals surface area contributed by atoms with Crippen LogP contribution in [0.2, 0.25) is 5.02 Å². The Bertz CT molecular complexity index is 2830. The molecule has 344 valence electrons. The molecule has 4 fully saturated rings. The standard InChI is InChI=1S/C44H45ClF6N10O4/c1-58-31-15-27(46)30(14-24(31)36-38(42(58)64)65-19-44(50,51)39(55-36)21-3-4-21)53-40-26(45)16-52-43(56-40)61-12-9-22(29(48)18-61)17-60-10-7-20(8-11-60)33-28(47)13-25-35(57-59(2)37(25)34(33)49)23-5-6-32(62)54-41(23)63/h13-16,20-23,29,39,55H,3-12,17-19H2,1-2H3,(H,52,53,56)(H,54,62,63)/t22-,23?,29-,39-/m0/s1. The molecule has 0 bridgehead atoms. The van der Waals surface area contributed by atoms with E-state index in [0.717, 1.165) is 10.6 Å². The van der Waals surface area contributed by atoms with E-state index in [1.807, 2.05) is 0 Å². The average Bonchev–Trinajstić information content (AvgIpc) is 4.07. The molecule has 1 unspecified atom stereocenters. The number of alkyl halides is 3. The molecular formula is C44H45ClF6N10O4. The number of hydrogen-bond acceptors (Lipinski definition) is 11. The number of likely N-dealkylation sites (tertiary alicyclic amines) is 1. The molecule has 1 aliphatic carbocycles. The molecule has 2 aromatic carbocycles. The van der Waals surface area contributed by atoms with Crippen LogP contribution in [-0.2, 0) is 23.7 Å². The number of carbonyl (C=O) groups is 2. The summed E-state index contributed by atoms with van der Waals surface area (Å²) in [6.45, 7) is 0.814. The van der Waals surface area contributed by atoms with Crippen molar-refractivity contribution in [1.82, 2.24) is 34.5 Å². The van der Waals surface area contributed by atoms with Gasteiger partial charge in [-0.25, -0.2) is 31.3 Å². The molecule has 21 heteroatoms. The number of amides is 2. The lowest BCUT2D eigenvalue weighted by atomic mass is 9.86. The molecule has 3 N–H and O–H groups in total. The van der Waals surface area contributed by atoms with Crippen molar-refractivity contribution in [2.45, 2.75) is 74.9 Å². The monoisotopic (exact) mass is 926 g/mol. The van der Waals surface area contributed by atoms with Gasteiger partial charge >= 0.3 is 5.92 Å². The Labute approximate surface area is 372 Å². The quantitative estimate of drug-likeness (QED) is 0.111. The van der Waals surface area contributed by atoms with Gasteiger partial charge in [-0.15, -0.1) is 0 Å². The minimum Gasteiger partial charge on any atom is -0.480 e. The lowest BCUT2D eigenvalue weighted by Crippen LogP contribution is -2.47. The van der Waals surface area contributed by atoms with Crippen LogP contribution in [0.4, 0.5) is 49.5 Å². The normalized spacial score (nSPS) is 24.1. The van der Waals surface area contributed by atoms with Gasteiger partial charge in [-0.3, -0.25) is 24.4 Å². The first-order chi connectivity index (χ1) is 31.1. The molecule has 4 atom stereocenters. The molecule has 5 aliphatic rings. The number of ether oxygens (including phenoxy) is 1. The van der Waals surface area contributed by atoms with E-state index in [9.17, 15) is 14.4 Å². The van der Waals surface area contributed by atoms with Gasteiger partial charge in [-0.2, -0.15) is 10.1 Å². The predicted molar refractivity (Wildman–Crippen MR) is 229 cm³/mol. The Morgan fingerprint density at radius 2 is 1.74 bits per heavy atom. The first-order valence-electron chi connectivity index (χ1n) is 21.8. The second kappa shape index (κ2) is 16.4. The van der Waals surface area contributed by atoms with Gasteiger partial charge in [0.2, 0.25) is 23.5 Å². The SMILES string of the molecule is Cn1nc(C2CCC(=O)NC2=O)c2cc(F)c(C3CCN(C[C@@H]4CCN(c5ncc(Cl)c(Nc6cc7c8c(c(=O)n(C)c7cc6F)OCC(F)(F)[C@H](C6CC6)N8)n5)C[C@@H]4F)CC3)c(F)c21. The number of carbonyl (C=O) groups excluding carboxylic acids is 2. The Kier molecular flexibility index (Phi) is 10.9. The van der Waals surface area contributed by atoms with E-state index in [1.54, 1.807) is 4.90 Å². The van der Waals surface area contributed by atoms with Gasteiger partial charge in [-0.1, -0.05) is 11.6 Å². The van der Waals surface area contributed by atoms with Gasteiger partial charge in [0.25, 0.3) is 5.56 Å². The second-order valence-corrected chi connectivity index (χ2v) is 18.4. The van der Waals surface area contributed by atoms with E-state index >= 15 is 26.3 Å². The first kappa shape index (κ1) is 43.3. The summed E-state index contributed by atoms with van der Waals surface area (Å²) in [6, 6.07) is 2.45. The first-order valence-corrected chi connectivity index (χ1v) is 22.2. The Hall–Kier alpha value is -5.63. The fourth-order valence-electron chi connectivity index (χ4n) is 10.1. The van der Waals surface area contributed by atoms with Crippen molar-refractivity contribution in [2.24, 2.45) is 25.9 Å². The highest BCUT2D eigenvalue weighted by molar-refractivity contribution is 6.33. The molecule has 1 saturated carbocycles. The van der Waals surface area contributed by atoms with Gasteiger partial charge in [0.1, 0.15) is 28.3 Å². The van der Waals surface area contributed by atoms with Gasteiger partial charge in [0, 0.05) is 61.9 Å². The number of nitrogens with zero attached hydrogens (tertiary/aromatic N) is 7. The van der Waals surface area contributed by atoms with Crippen molar-refractivity contribution in [3.63, 3.8) is 0 Å². The van der Waals surface area contributed by atoms with Gasteiger partial charge in [-0.05, 0) is 75.6 Å². The van der Waals surface area contributed by atoms with Crippen LogP contribution in [0.1, 0.15) is 68.0 Å². The molecule has 0 spiro atoms. The molecule has 65 heavy (non-hydrogen) atoms. The van der Waals surface area contributed by atoms with Crippen LogP contribution in [0, 0.1) is 29.3 Å². The minimum atomic E-state index is -3.26. The van der Waals surface area contributed by atoms with Crippen LogP contribution >= 0.6 is 11.6 Å². The largest absolute Gasteiger partial charge is 0.480 e. The van der Waals surface area contributed by atoms with Gasteiger partial charge in [0.15, 0.2) is 18.2 Å². The van der Waals surface area contributed by atoms with Crippen LogP contribution in [0.3, 0.4) is 0 Å². The average molecular weight is 927 g/mol. The van der Waals surface area contributed by atoms with Crippen LogP contribution in [0.25, 0.3) is 21.8 Å². The van der Waals surface area contributed by atoms with Gasteiger partial charge < -0.3 is 29.7 Å². The third kappa shape index (κ3) is 7.78. The zero-order chi connectivity index (χ0) is 45.6. The number of aromatic nitrogens is 5. The summed E-state index contributed by atoms with van der Waals surface area (Å²) in [5.41, 5.74) is -0.313. The number of hydrogen-bond donors (Lipinski definition) is 3.